The van der Waals surface area contributed by atoms with Crippen LogP contribution in [0.25, 0.3) is 11.1 Å². The summed E-state index contributed by atoms with van der Waals surface area (Å²) < 4.78 is 34.2. The fraction of sp³-hybridized carbons (Fsp3) is 0.345. The maximum absolute atomic E-state index is 13.1. The number of benzene rings is 3. The van der Waals surface area contributed by atoms with Crippen LogP contribution < -0.4 is 18.9 Å². The number of ether oxygens (including phenoxy) is 6. The van der Waals surface area contributed by atoms with Gasteiger partial charge in [0.15, 0.2) is 17.1 Å². The quantitative estimate of drug-likeness (QED) is 0.384. The number of rotatable bonds is 10. The summed E-state index contributed by atoms with van der Waals surface area (Å²) in [6.45, 7) is 2.52. The minimum absolute atomic E-state index is 0.108. The molecule has 2 unspecified atom stereocenters. The Balaban J connectivity index is 1.76. The molecule has 1 aliphatic heterocycles. The van der Waals surface area contributed by atoms with Crippen molar-refractivity contribution in [2.24, 2.45) is 0 Å². The zero-order valence-electron chi connectivity index (χ0n) is 21.1. The van der Waals surface area contributed by atoms with E-state index in [2.05, 4.69) is 0 Å². The minimum atomic E-state index is -1.62. The maximum Gasteiger partial charge on any atom is 0.337 e. The van der Waals surface area contributed by atoms with Gasteiger partial charge < -0.3 is 33.5 Å². The number of para-hydroxylation sites is 1. The molecule has 194 valence electrons. The van der Waals surface area contributed by atoms with Gasteiger partial charge in [0.25, 0.3) is 0 Å². The molecular formula is C29H30O8. The number of methoxy groups -OCH3 is 2. The Bertz CT molecular complexity index is 1300. The molecule has 3 aromatic rings. The zero-order valence-corrected chi connectivity index (χ0v) is 21.1. The monoisotopic (exact) mass is 506 g/mol. The molecule has 0 saturated carbocycles. The van der Waals surface area contributed by atoms with Gasteiger partial charge in [-0.1, -0.05) is 37.3 Å². The first kappa shape index (κ1) is 24.9. The molecule has 1 aliphatic carbocycles. The second kappa shape index (κ2) is 10.3. The highest BCUT2D eigenvalue weighted by Gasteiger charge is 2.55. The number of fused-ring (bicyclic) bond motifs is 2. The number of carboxylic acid groups (broad SMARTS) is 1. The zero-order chi connectivity index (χ0) is 26.0. The van der Waals surface area contributed by atoms with Crippen LogP contribution in [0.3, 0.4) is 0 Å². The van der Waals surface area contributed by atoms with Crippen molar-refractivity contribution in [1.29, 1.82) is 0 Å². The highest BCUT2D eigenvalue weighted by Crippen LogP contribution is 2.54. The van der Waals surface area contributed by atoms with Crippen LogP contribution in [-0.4, -0.2) is 51.1 Å². The maximum atomic E-state index is 13.1. The van der Waals surface area contributed by atoms with E-state index in [4.69, 9.17) is 28.4 Å². The largest absolute Gasteiger partial charge is 0.496 e. The smallest absolute Gasteiger partial charge is 0.337 e. The highest BCUT2D eigenvalue weighted by molar-refractivity contribution is 5.88. The first-order valence-electron chi connectivity index (χ1n) is 12.2. The lowest BCUT2D eigenvalue weighted by Gasteiger charge is -2.32. The van der Waals surface area contributed by atoms with E-state index in [0.29, 0.717) is 29.6 Å². The van der Waals surface area contributed by atoms with Crippen molar-refractivity contribution in [3.8, 4) is 34.1 Å². The number of hydrogen-bond acceptors (Lipinski definition) is 7. The molecule has 0 fully saturated rings. The number of aliphatic carboxylic acids is 1. The molecule has 3 aromatic carbocycles. The minimum Gasteiger partial charge on any atom is -0.496 e. The molecule has 2 aliphatic rings. The van der Waals surface area contributed by atoms with Gasteiger partial charge in [-0.3, -0.25) is 0 Å². The van der Waals surface area contributed by atoms with E-state index in [1.54, 1.807) is 13.2 Å². The summed E-state index contributed by atoms with van der Waals surface area (Å²) in [7, 11) is 3.09. The van der Waals surface area contributed by atoms with Gasteiger partial charge in [0, 0.05) is 30.6 Å². The highest BCUT2D eigenvalue weighted by atomic mass is 16.7. The third-order valence-corrected chi connectivity index (χ3v) is 6.89. The fourth-order valence-electron chi connectivity index (χ4n) is 5.30. The van der Waals surface area contributed by atoms with Crippen LogP contribution in [0.4, 0.5) is 0 Å². The van der Waals surface area contributed by atoms with E-state index in [-0.39, 0.29) is 20.0 Å². The molecule has 1 heterocycles. The summed E-state index contributed by atoms with van der Waals surface area (Å²) in [4.78, 5) is 13.1. The SMILES string of the molecule is CCCOc1ccc2c(c1-c1ccccc1OC)CC(OCOC)(C(=O)O)C2c1ccc2c(c1)OCO2. The summed E-state index contributed by atoms with van der Waals surface area (Å²) in [6.07, 6.45) is 0.940. The topological polar surface area (TPSA) is 92.7 Å². The van der Waals surface area contributed by atoms with E-state index >= 15 is 0 Å². The lowest BCUT2D eigenvalue weighted by Crippen LogP contribution is -2.46. The lowest BCUT2D eigenvalue weighted by atomic mass is 9.82. The third kappa shape index (κ3) is 4.26. The Morgan fingerprint density at radius 3 is 2.62 bits per heavy atom. The van der Waals surface area contributed by atoms with Crippen molar-refractivity contribution in [3.63, 3.8) is 0 Å². The van der Waals surface area contributed by atoms with Crippen LogP contribution in [0.2, 0.25) is 0 Å². The summed E-state index contributed by atoms with van der Waals surface area (Å²) in [6, 6.07) is 17.0. The van der Waals surface area contributed by atoms with Crippen LogP contribution in [0.1, 0.15) is 36.0 Å². The van der Waals surface area contributed by atoms with Gasteiger partial charge in [-0.15, -0.1) is 0 Å². The predicted molar refractivity (Wildman–Crippen MR) is 136 cm³/mol. The summed E-state index contributed by atoms with van der Waals surface area (Å²) in [5.74, 6) is 0.817. The van der Waals surface area contributed by atoms with E-state index in [9.17, 15) is 9.90 Å². The Hall–Kier alpha value is -3.75. The standard InChI is InChI=1S/C29H30O8/c1-4-13-34-24-12-10-19-21(26(24)20-7-5-6-8-22(20)33-3)15-29(28(30)31,37-16-32-2)27(19)18-9-11-23-25(14-18)36-17-35-23/h5-12,14,27H,4,13,15-17H2,1-3H3,(H,30,31). The van der Waals surface area contributed by atoms with E-state index < -0.39 is 17.5 Å². The van der Waals surface area contributed by atoms with Gasteiger partial charge in [-0.05, 0) is 47.4 Å². The number of carboxylic acids is 1. The van der Waals surface area contributed by atoms with Crippen LogP contribution in [0, 0.1) is 0 Å². The molecule has 8 nitrogen and oxygen atoms in total. The van der Waals surface area contributed by atoms with E-state index in [1.807, 2.05) is 55.5 Å². The molecule has 1 N–H and O–H groups in total. The van der Waals surface area contributed by atoms with Crippen molar-refractivity contribution < 1.29 is 38.3 Å². The van der Waals surface area contributed by atoms with Gasteiger partial charge in [0.1, 0.15) is 18.3 Å². The van der Waals surface area contributed by atoms with Gasteiger partial charge in [0.05, 0.1) is 13.7 Å². The molecular weight excluding hydrogens is 476 g/mol. The number of hydrogen-bond donors (Lipinski definition) is 1. The summed E-state index contributed by atoms with van der Waals surface area (Å²) >= 11 is 0. The molecule has 0 saturated heterocycles. The third-order valence-electron chi connectivity index (χ3n) is 6.89. The van der Waals surface area contributed by atoms with Crippen molar-refractivity contribution in [2.75, 3.05) is 34.4 Å². The van der Waals surface area contributed by atoms with Gasteiger partial charge in [-0.25, -0.2) is 4.79 Å². The van der Waals surface area contributed by atoms with E-state index in [1.165, 1.54) is 7.11 Å². The van der Waals surface area contributed by atoms with Crippen molar-refractivity contribution in [1.82, 2.24) is 0 Å². The summed E-state index contributed by atoms with van der Waals surface area (Å²) in [5.41, 5.74) is 2.42. The molecule has 2 atom stereocenters. The molecule has 8 heteroatoms. The van der Waals surface area contributed by atoms with Crippen molar-refractivity contribution >= 4 is 5.97 Å². The van der Waals surface area contributed by atoms with Gasteiger partial charge in [-0.2, -0.15) is 0 Å². The first-order valence-corrected chi connectivity index (χ1v) is 12.2. The van der Waals surface area contributed by atoms with Crippen molar-refractivity contribution in [3.05, 3.63) is 71.3 Å². The molecule has 37 heavy (non-hydrogen) atoms. The Morgan fingerprint density at radius 2 is 1.86 bits per heavy atom. The Labute approximate surface area is 215 Å². The van der Waals surface area contributed by atoms with Crippen LogP contribution in [0.15, 0.2) is 54.6 Å². The molecule has 0 aromatic heterocycles. The fourth-order valence-corrected chi connectivity index (χ4v) is 5.30. The molecule has 0 radical (unpaired) electrons. The second-order valence-electron chi connectivity index (χ2n) is 9.02. The van der Waals surface area contributed by atoms with Crippen LogP contribution >= 0.6 is 0 Å². The Kier molecular flexibility index (Phi) is 6.95. The lowest BCUT2D eigenvalue weighted by molar-refractivity contribution is -0.182. The average Bonchev–Trinajstić information content (AvgIpc) is 3.52. The molecule has 5 rings (SSSR count). The number of carbonyl (C=O) groups is 1. The van der Waals surface area contributed by atoms with E-state index in [0.717, 1.165) is 34.2 Å². The molecule has 0 amide bonds. The van der Waals surface area contributed by atoms with Gasteiger partial charge >= 0.3 is 5.97 Å². The Morgan fingerprint density at radius 1 is 1.05 bits per heavy atom. The molecule has 0 bridgehead atoms. The predicted octanol–water partition coefficient (Wildman–Crippen LogP) is 5.01. The molecule has 0 spiro atoms. The average molecular weight is 507 g/mol. The van der Waals surface area contributed by atoms with Crippen LogP contribution in [-0.2, 0) is 20.7 Å². The first-order chi connectivity index (χ1) is 18.0. The van der Waals surface area contributed by atoms with Crippen molar-refractivity contribution in [2.45, 2.75) is 31.3 Å². The van der Waals surface area contributed by atoms with Gasteiger partial charge in [0.2, 0.25) is 6.79 Å². The summed E-state index contributed by atoms with van der Waals surface area (Å²) in [5, 5.41) is 10.7. The second-order valence-corrected chi connectivity index (χ2v) is 9.02. The van der Waals surface area contributed by atoms with Crippen LogP contribution in [0.5, 0.6) is 23.0 Å². The normalized spacial score (nSPS) is 19.5.